The first-order valence-electron chi connectivity index (χ1n) is 13.7. The fraction of sp³-hybridized carbons (Fsp3) is 0.364. The Bertz CT molecular complexity index is 1270. The second kappa shape index (κ2) is 11.8. The number of benzene rings is 3. The van der Waals surface area contributed by atoms with Crippen LogP contribution in [0.2, 0.25) is 0 Å². The lowest BCUT2D eigenvalue weighted by atomic mass is 9.97. The van der Waals surface area contributed by atoms with E-state index in [2.05, 4.69) is 72.6 Å². The molecule has 0 atom stereocenters. The average Bonchev–Trinajstić information content (AvgIpc) is 3.14. The first kappa shape index (κ1) is 25.3. The van der Waals surface area contributed by atoms with Crippen molar-refractivity contribution in [1.29, 1.82) is 0 Å². The molecule has 192 valence electrons. The van der Waals surface area contributed by atoms with Crippen molar-refractivity contribution in [2.75, 3.05) is 31.6 Å². The van der Waals surface area contributed by atoms with E-state index in [4.69, 9.17) is 4.74 Å². The third-order valence-corrected chi connectivity index (χ3v) is 7.60. The Morgan fingerprint density at radius 1 is 0.865 bits per heavy atom. The third-order valence-electron chi connectivity index (χ3n) is 7.60. The Morgan fingerprint density at radius 3 is 2.46 bits per heavy atom. The molecule has 0 unspecified atom stereocenters. The van der Waals surface area contributed by atoms with Gasteiger partial charge in [-0.1, -0.05) is 54.4 Å². The van der Waals surface area contributed by atoms with E-state index in [0.29, 0.717) is 6.61 Å². The summed E-state index contributed by atoms with van der Waals surface area (Å²) in [6, 6.07) is 21.2. The van der Waals surface area contributed by atoms with Crippen LogP contribution < -0.4 is 10.1 Å². The summed E-state index contributed by atoms with van der Waals surface area (Å²) in [5.41, 5.74) is 8.78. The number of nitrogens with zero attached hydrogens (tertiary/aromatic N) is 1. The molecule has 1 fully saturated rings. The van der Waals surface area contributed by atoms with E-state index in [9.17, 15) is 4.79 Å². The number of anilines is 1. The maximum Gasteiger partial charge on any atom is 0.251 e. The van der Waals surface area contributed by atoms with Crippen LogP contribution >= 0.6 is 0 Å². The van der Waals surface area contributed by atoms with Crippen molar-refractivity contribution in [1.82, 2.24) is 4.90 Å². The Hall–Kier alpha value is -3.37. The molecule has 3 aromatic rings. The molecule has 0 bridgehead atoms. The number of ether oxygens (including phenoxy) is 1. The largest absolute Gasteiger partial charge is 0.492 e. The fourth-order valence-corrected chi connectivity index (χ4v) is 5.30. The topological polar surface area (TPSA) is 41.6 Å². The molecule has 0 spiro atoms. The Morgan fingerprint density at radius 2 is 1.65 bits per heavy atom. The number of nitrogens with one attached hydrogen (secondary N) is 1. The predicted molar refractivity (Wildman–Crippen MR) is 153 cm³/mol. The van der Waals surface area contributed by atoms with Gasteiger partial charge in [0.1, 0.15) is 12.4 Å². The Kier molecular flexibility index (Phi) is 8.05. The minimum atomic E-state index is -0.0308. The standard InChI is InChI=1S/C33H38N2O2/c1-24-9-12-27(13-10-24)28-15-14-26-7-6-8-29(22-30(26)21-28)33(36)34-31-16-11-25(2)32(23-31)37-20-19-35-17-4-3-5-18-35/h9-16,21-23H,3-8,17-20H2,1-2H3,(H,34,36). The van der Waals surface area contributed by atoms with Crippen LogP contribution in [0.4, 0.5) is 5.69 Å². The van der Waals surface area contributed by atoms with Gasteiger partial charge in [0, 0.05) is 23.9 Å². The lowest BCUT2D eigenvalue weighted by Crippen LogP contribution is -2.33. The van der Waals surface area contributed by atoms with Gasteiger partial charge >= 0.3 is 0 Å². The maximum absolute atomic E-state index is 13.3. The van der Waals surface area contributed by atoms with E-state index < -0.39 is 0 Å². The molecule has 0 radical (unpaired) electrons. The second-order valence-corrected chi connectivity index (χ2v) is 10.5. The summed E-state index contributed by atoms with van der Waals surface area (Å²) in [6.07, 6.45) is 8.71. The van der Waals surface area contributed by atoms with Crippen LogP contribution in [0.3, 0.4) is 0 Å². The number of fused-ring (bicyclic) bond motifs is 1. The molecular weight excluding hydrogens is 456 g/mol. The van der Waals surface area contributed by atoms with Gasteiger partial charge in [0.15, 0.2) is 0 Å². The number of piperidine rings is 1. The van der Waals surface area contributed by atoms with Crippen molar-refractivity contribution in [3.05, 3.63) is 88.5 Å². The molecule has 1 aliphatic carbocycles. The van der Waals surface area contributed by atoms with Gasteiger partial charge in [-0.05, 0) is 105 Å². The lowest BCUT2D eigenvalue weighted by molar-refractivity contribution is -0.112. The summed E-state index contributed by atoms with van der Waals surface area (Å²) in [6.45, 7) is 8.12. The van der Waals surface area contributed by atoms with Crippen LogP contribution in [0, 0.1) is 13.8 Å². The van der Waals surface area contributed by atoms with E-state index >= 15 is 0 Å². The number of carbonyl (C=O) groups is 1. The van der Waals surface area contributed by atoms with E-state index in [1.165, 1.54) is 54.6 Å². The summed E-state index contributed by atoms with van der Waals surface area (Å²) in [5, 5.41) is 3.13. The molecule has 0 aromatic heterocycles. The van der Waals surface area contributed by atoms with Crippen LogP contribution in [-0.2, 0) is 11.2 Å². The van der Waals surface area contributed by atoms with Crippen molar-refractivity contribution < 1.29 is 9.53 Å². The van der Waals surface area contributed by atoms with E-state index in [-0.39, 0.29) is 5.91 Å². The summed E-state index contributed by atoms with van der Waals surface area (Å²) in [4.78, 5) is 15.8. The molecule has 1 N–H and O–H groups in total. The van der Waals surface area contributed by atoms with Crippen LogP contribution in [-0.4, -0.2) is 37.0 Å². The van der Waals surface area contributed by atoms with Crippen LogP contribution in [0.5, 0.6) is 5.75 Å². The Balaban J connectivity index is 1.28. The number of rotatable bonds is 7. The smallest absolute Gasteiger partial charge is 0.251 e. The summed E-state index contributed by atoms with van der Waals surface area (Å²) >= 11 is 0. The predicted octanol–water partition coefficient (Wildman–Crippen LogP) is 7.19. The minimum Gasteiger partial charge on any atom is -0.492 e. The van der Waals surface area contributed by atoms with Crippen LogP contribution in [0.15, 0.2) is 66.2 Å². The highest BCUT2D eigenvalue weighted by Gasteiger charge is 2.17. The van der Waals surface area contributed by atoms with Gasteiger partial charge in [0.25, 0.3) is 5.91 Å². The summed E-state index contributed by atoms with van der Waals surface area (Å²) in [5.74, 6) is 0.814. The van der Waals surface area contributed by atoms with Gasteiger partial charge in [0.05, 0.1) is 0 Å². The van der Waals surface area contributed by atoms with Crippen molar-refractivity contribution in [3.63, 3.8) is 0 Å². The number of hydrogen-bond acceptors (Lipinski definition) is 3. The zero-order valence-electron chi connectivity index (χ0n) is 22.2. The molecule has 0 saturated carbocycles. The van der Waals surface area contributed by atoms with E-state index in [1.54, 1.807) is 0 Å². The normalized spacial score (nSPS) is 15.9. The van der Waals surface area contributed by atoms with Gasteiger partial charge in [-0.25, -0.2) is 0 Å². The molecule has 2 aliphatic rings. The van der Waals surface area contributed by atoms with Gasteiger partial charge in [-0.15, -0.1) is 0 Å². The van der Waals surface area contributed by atoms with Crippen molar-refractivity contribution in [2.45, 2.75) is 52.4 Å². The molecule has 4 nitrogen and oxygen atoms in total. The molecule has 1 aliphatic heterocycles. The first-order chi connectivity index (χ1) is 18.0. The van der Waals surface area contributed by atoms with E-state index in [0.717, 1.165) is 53.9 Å². The third kappa shape index (κ3) is 6.50. The number of carbonyl (C=O) groups excluding carboxylic acids is 1. The van der Waals surface area contributed by atoms with Crippen molar-refractivity contribution in [3.8, 4) is 16.9 Å². The number of hydrogen-bond donors (Lipinski definition) is 1. The monoisotopic (exact) mass is 494 g/mol. The van der Waals surface area contributed by atoms with Crippen LogP contribution in [0.25, 0.3) is 17.2 Å². The molecule has 1 amide bonds. The highest BCUT2D eigenvalue weighted by molar-refractivity contribution is 6.07. The zero-order chi connectivity index (χ0) is 25.6. The van der Waals surface area contributed by atoms with Gasteiger partial charge in [-0.3, -0.25) is 9.69 Å². The van der Waals surface area contributed by atoms with Gasteiger partial charge < -0.3 is 10.1 Å². The highest BCUT2D eigenvalue weighted by atomic mass is 16.5. The SMILES string of the molecule is Cc1ccc(-c2ccc3c(c2)C=C(C(=O)Nc2ccc(C)c(OCCN4CCCCC4)c2)CCC3)cc1. The van der Waals surface area contributed by atoms with Crippen molar-refractivity contribution >= 4 is 17.7 Å². The Labute approximate surface area is 221 Å². The number of amides is 1. The van der Waals surface area contributed by atoms with Gasteiger partial charge in [0.2, 0.25) is 0 Å². The summed E-state index contributed by atoms with van der Waals surface area (Å²) in [7, 11) is 0. The molecular formula is C33H38N2O2. The van der Waals surface area contributed by atoms with Gasteiger partial charge in [-0.2, -0.15) is 0 Å². The maximum atomic E-state index is 13.3. The van der Waals surface area contributed by atoms with Crippen molar-refractivity contribution in [2.24, 2.45) is 0 Å². The number of likely N-dealkylation sites (tertiary alicyclic amines) is 1. The number of aryl methyl sites for hydroxylation is 3. The first-order valence-corrected chi connectivity index (χ1v) is 13.7. The molecule has 1 saturated heterocycles. The average molecular weight is 495 g/mol. The fourth-order valence-electron chi connectivity index (χ4n) is 5.30. The summed E-state index contributed by atoms with van der Waals surface area (Å²) < 4.78 is 6.13. The molecule has 3 aromatic carbocycles. The minimum absolute atomic E-state index is 0.0308. The second-order valence-electron chi connectivity index (χ2n) is 10.5. The van der Waals surface area contributed by atoms with Crippen LogP contribution in [0.1, 0.15) is 54.4 Å². The molecule has 1 heterocycles. The molecule has 4 heteroatoms. The van der Waals surface area contributed by atoms with E-state index in [1.807, 2.05) is 18.2 Å². The quantitative estimate of drug-likeness (QED) is 0.378. The molecule has 5 rings (SSSR count). The highest BCUT2D eigenvalue weighted by Crippen LogP contribution is 2.30. The zero-order valence-corrected chi connectivity index (χ0v) is 22.2. The lowest BCUT2D eigenvalue weighted by Gasteiger charge is -2.26. The molecule has 37 heavy (non-hydrogen) atoms.